The van der Waals surface area contributed by atoms with Crippen LogP contribution in [0.4, 0.5) is 0 Å². The summed E-state index contributed by atoms with van der Waals surface area (Å²) < 4.78 is 35.4. The van der Waals surface area contributed by atoms with Gasteiger partial charge in [0.25, 0.3) is 0 Å². The van der Waals surface area contributed by atoms with Crippen molar-refractivity contribution in [1.82, 2.24) is 0 Å². The molecule has 0 aliphatic heterocycles. The van der Waals surface area contributed by atoms with Crippen LogP contribution < -0.4 is 8.92 Å². The number of methoxy groups -OCH3 is 1. The number of nitriles is 1. The van der Waals surface area contributed by atoms with E-state index < -0.39 is 10.1 Å². The van der Waals surface area contributed by atoms with Crippen molar-refractivity contribution in [3.63, 3.8) is 0 Å². The minimum Gasteiger partial charge on any atom is -0.495 e. The van der Waals surface area contributed by atoms with Crippen LogP contribution in [-0.2, 0) is 10.1 Å². The third-order valence-electron chi connectivity index (χ3n) is 2.60. The van der Waals surface area contributed by atoms with Crippen LogP contribution in [0.1, 0.15) is 5.56 Å². The molecule has 0 fully saturated rings. The zero-order chi connectivity index (χ0) is 15.5. The average Bonchev–Trinajstić information content (AvgIpc) is 2.47. The van der Waals surface area contributed by atoms with E-state index in [2.05, 4.69) is 15.9 Å². The largest absolute Gasteiger partial charge is 0.495 e. The van der Waals surface area contributed by atoms with E-state index in [0.29, 0.717) is 4.47 Å². The Kier molecular flexibility index (Phi) is 4.50. The van der Waals surface area contributed by atoms with Crippen molar-refractivity contribution in [2.24, 2.45) is 0 Å². The second-order valence-corrected chi connectivity index (χ2v) is 6.37. The van der Waals surface area contributed by atoms with Gasteiger partial charge in [-0.25, -0.2) is 0 Å². The van der Waals surface area contributed by atoms with Crippen molar-refractivity contribution >= 4 is 26.0 Å². The lowest BCUT2D eigenvalue weighted by Crippen LogP contribution is -2.12. The molecular weight excluding hydrogens is 358 g/mol. The Morgan fingerprint density at radius 1 is 1.14 bits per heavy atom. The number of nitrogens with zero attached hydrogens (tertiary/aromatic N) is 1. The van der Waals surface area contributed by atoms with E-state index in [1.807, 2.05) is 6.07 Å². The van der Waals surface area contributed by atoms with Crippen LogP contribution in [0.2, 0.25) is 0 Å². The maximum atomic E-state index is 12.4. The highest BCUT2D eigenvalue weighted by atomic mass is 79.9. The van der Waals surface area contributed by atoms with E-state index in [-0.39, 0.29) is 22.0 Å². The molecule has 2 aromatic carbocycles. The van der Waals surface area contributed by atoms with Crippen LogP contribution in [0, 0.1) is 11.3 Å². The molecule has 7 heteroatoms. The van der Waals surface area contributed by atoms with Gasteiger partial charge in [0, 0.05) is 4.47 Å². The molecule has 0 heterocycles. The van der Waals surface area contributed by atoms with Gasteiger partial charge in [0.1, 0.15) is 16.7 Å². The Morgan fingerprint density at radius 3 is 2.52 bits per heavy atom. The van der Waals surface area contributed by atoms with E-state index >= 15 is 0 Å². The van der Waals surface area contributed by atoms with Crippen LogP contribution in [0.5, 0.6) is 11.5 Å². The van der Waals surface area contributed by atoms with E-state index in [1.165, 1.54) is 31.4 Å². The van der Waals surface area contributed by atoms with Gasteiger partial charge in [0.2, 0.25) is 0 Å². The Hall–Kier alpha value is -2.04. The second-order valence-electron chi connectivity index (χ2n) is 3.94. The maximum Gasteiger partial charge on any atom is 0.343 e. The first kappa shape index (κ1) is 15.4. The van der Waals surface area contributed by atoms with E-state index in [4.69, 9.17) is 14.2 Å². The SMILES string of the molecule is COc1ccc(Br)cc1S(=O)(=O)Oc1ccccc1C#N. The molecule has 0 amide bonds. The van der Waals surface area contributed by atoms with Crippen molar-refractivity contribution in [3.8, 4) is 17.6 Å². The Morgan fingerprint density at radius 2 is 1.86 bits per heavy atom. The van der Waals surface area contributed by atoms with Crippen molar-refractivity contribution in [2.75, 3.05) is 7.11 Å². The predicted molar refractivity (Wildman–Crippen MR) is 79.7 cm³/mol. The maximum absolute atomic E-state index is 12.4. The summed E-state index contributed by atoms with van der Waals surface area (Å²) in [5.41, 5.74) is 0.134. The summed E-state index contributed by atoms with van der Waals surface area (Å²) in [4.78, 5) is -0.118. The van der Waals surface area contributed by atoms with Gasteiger partial charge in [-0.15, -0.1) is 0 Å². The molecule has 0 aliphatic rings. The standard InChI is InChI=1S/C14H10BrNO4S/c1-19-13-7-6-11(15)8-14(13)21(17,18)20-12-5-3-2-4-10(12)9-16/h2-8H,1H3. The fraction of sp³-hybridized carbons (Fsp3) is 0.0714. The summed E-state index contributed by atoms with van der Waals surface area (Å²) in [5, 5.41) is 8.97. The number of hydrogen-bond acceptors (Lipinski definition) is 5. The van der Waals surface area contributed by atoms with E-state index in [0.717, 1.165) is 0 Å². The average molecular weight is 368 g/mol. The molecule has 0 aromatic heterocycles. The molecule has 0 N–H and O–H groups in total. The number of halogens is 1. The third-order valence-corrected chi connectivity index (χ3v) is 4.35. The molecule has 0 atom stereocenters. The molecule has 0 unspecified atom stereocenters. The highest BCUT2D eigenvalue weighted by molar-refractivity contribution is 9.10. The van der Waals surface area contributed by atoms with Crippen LogP contribution in [-0.4, -0.2) is 15.5 Å². The second kappa shape index (κ2) is 6.16. The summed E-state index contributed by atoms with van der Waals surface area (Å²) in [6.45, 7) is 0. The molecule has 108 valence electrons. The van der Waals surface area contributed by atoms with E-state index in [1.54, 1.807) is 18.2 Å². The zero-order valence-electron chi connectivity index (χ0n) is 10.9. The van der Waals surface area contributed by atoms with Gasteiger partial charge in [-0.3, -0.25) is 0 Å². The molecule has 0 spiro atoms. The molecule has 5 nitrogen and oxygen atoms in total. The summed E-state index contributed by atoms with van der Waals surface area (Å²) in [6, 6.07) is 12.5. The monoisotopic (exact) mass is 367 g/mol. The first-order chi connectivity index (χ1) is 9.97. The third kappa shape index (κ3) is 3.35. The van der Waals surface area contributed by atoms with Crippen LogP contribution in [0.25, 0.3) is 0 Å². The number of hydrogen-bond donors (Lipinski definition) is 0. The Bertz CT molecular complexity index is 812. The van der Waals surface area contributed by atoms with Gasteiger partial charge in [0.15, 0.2) is 5.75 Å². The quantitative estimate of drug-likeness (QED) is 0.776. The van der Waals surface area contributed by atoms with Crippen molar-refractivity contribution in [3.05, 3.63) is 52.5 Å². The van der Waals surface area contributed by atoms with Crippen LogP contribution in [0.15, 0.2) is 51.8 Å². The normalized spacial score (nSPS) is 10.7. The summed E-state index contributed by atoms with van der Waals surface area (Å²) in [6.07, 6.45) is 0. The molecule has 21 heavy (non-hydrogen) atoms. The van der Waals surface area contributed by atoms with Gasteiger partial charge in [-0.05, 0) is 30.3 Å². The van der Waals surface area contributed by atoms with Gasteiger partial charge >= 0.3 is 10.1 Å². The number of ether oxygens (including phenoxy) is 1. The predicted octanol–water partition coefficient (Wildman–Crippen LogP) is 3.10. The van der Waals surface area contributed by atoms with E-state index in [9.17, 15) is 8.42 Å². The molecule has 0 saturated heterocycles. The minimum absolute atomic E-state index is 0.0259. The Balaban J connectivity index is 2.49. The lowest BCUT2D eigenvalue weighted by atomic mass is 10.2. The fourth-order valence-electron chi connectivity index (χ4n) is 1.64. The topological polar surface area (TPSA) is 76.4 Å². The molecule has 0 bridgehead atoms. The lowest BCUT2D eigenvalue weighted by Gasteiger charge is -2.11. The molecule has 0 aliphatic carbocycles. The van der Waals surface area contributed by atoms with Crippen molar-refractivity contribution < 1.29 is 17.3 Å². The van der Waals surface area contributed by atoms with Crippen LogP contribution >= 0.6 is 15.9 Å². The first-order valence-corrected chi connectivity index (χ1v) is 7.95. The summed E-state index contributed by atoms with van der Waals surface area (Å²) in [5.74, 6) is 0.134. The molecule has 0 saturated carbocycles. The van der Waals surface area contributed by atoms with Crippen LogP contribution in [0.3, 0.4) is 0 Å². The van der Waals surface area contributed by atoms with Gasteiger partial charge in [-0.1, -0.05) is 28.1 Å². The first-order valence-electron chi connectivity index (χ1n) is 5.75. The molecular formula is C14H10BrNO4S. The number of para-hydroxylation sites is 1. The number of rotatable bonds is 4. The highest BCUT2D eigenvalue weighted by Gasteiger charge is 2.23. The number of benzene rings is 2. The van der Waals surface area contributed by atoms with Crippen molar-refractivity contribution in [1.29, 1.82) is 5.26 Å². The summed E-state index contributed by atoms with van der Waals surface area (Å²) >= 11 is 3.20. The molecule has 2 rings (SSSR count). The summed E-state index contributed by atoms with van der Waals surface area (Å²) in [7, 11) is -2.75. The molecule has 2 aromatic rings. The van der Waals surface area contributed by atoms with Gasteiger partial charge < -0.3 is 8.92 Å². The molecule has 0 radical (unpaired) electrons. The van der Waals surface area contributed by atoms with Gasteiger partial charge in [-0.2, -0.15) is 13.7 Å². The zero-order valence-corrected chi connectivity index (χ0v) is 13.3. The minimum atomic E-state index is -4.12. The fourth-order valence-corrected chi connectivity index (χ4v) is 3.29. The van der Waals surface area contributed by atoms with Crippen molar-refractivity contribution in [2.45, 2.75) is 4.90 Å². The van der Waals surface area contributed by atoms with Gasteiger partial charge in [0.05, 0.1) is 12.7 Å². The smallest absolute Gasteiger partial charge is 0.343 e. The Labute approximate surface area is 131 Å². The lowest BCUT2D eigenvalue weighted by molar-refractivity contribution is 0.398. The highest BCUT2D eigenvalue weighted by Crippen LogP contribution is 2.30.